The van der Waals surface area contributed by atoms with Crippen molar-refractivity contribution in [2.45, 2.75) is 149 Å². The predicted molar refractivity (Wildman–Crippen MR) is 219 cm³/mol. The number of carbonyl (C=O) groups is 6. The molecule has 0 bridgehead atoms. The van der Waals surface area contributed by atoms with Crippen LogP contribution >= 0.6 is 0 Å². The first kappa shape index (κ1) is 46.0. The lowest BCUT2D eigenvalue weighted by Crippen LogP contribution is -2.60. The van der Waals surface area contributed by atoms with E-state index in [-0.39, 0.29) is 42.3 Å². The Hall–Kier alpha value is -3.65. The molecule has 1 heterocycles. The van der Waals surface area contributed by atoms with Crippen LogP contribution in [0.1, 0.15) is 131 Å². The Bertz CT molecular complexity index is 1700. The molecule has 4 amide bonds. The van der Waals surface area contributed by atoms with E-state index in [0.717, 1.165) is 63.2 Å². The quantitative estimate of drug-likeness (QED) is 0.155. The number of sulfonamides is 1. The maximum Gasteiger partial charge on any atom is 0.290 e. The molecule has 0 aromatic heterocycles. The number of fused-ring (bicyclic) bond motifs is 1. The van der Waals surface area contributed by atoms with Crippen molar-refractivity contribution in [3.05, 3.63) is 35.9 Å². The molecule has 14 heteroatoms. The highest BCUT2D eigenvalue weighted by atomic mass is 32.2. The van der Waals surface area contributed by atoms with Crippen LogP contribution in [0.4, 0.5) is 0 Å². The minimum absolute atomic E-state index is 0.0688. The van der Waals surface area contributed by atoms with Crippen LogP contribution < -0.4 is 20.7 Å². The van der Waals surface area contributed by atoms with Gasteiger partial charge in [0.15, 0.2) is 5.78 Å². The van der Waals surface area contributed by atoms with Crippen LogP contribution in [0.5, 0.6) is 0 Å². The summed E-state index contributed by atoms with van der Waals surface area (Å²) in [6, 6.07) is 4.83. The van der Waals surface area contributed by atoms with Crippen molar-refractivity contribution >= 4 is 45.2 Å². The zero-order valence-electron chi connectivity index (χ0n) is 35.3. The summed E-state index contributed by atoms with van der Waals surface area (Å²) in [5.41, 5.74) is 0.0436. The number of ketones is 2. The molecule has 8 atom stereocenters. The van der Waals surface area contributed by atoms with Crippen molar-refractivity contribution in [2.24, 2.45) is 35.0 Å². The van der Waals surface area contributed by atoms with E-state index in [1.54, 1.807) is 25.7 Å². The van der Waals surface area contributed by atoms with Gasteiger partial charge in [-0.2, -0.15) is 0 Å². The Kier molecular flexibility index (Phi) is 16.1. The van der Waals surface area contributed by atoms with E-state index in [9.17, 15) is 37.2 Å². The second-order valence-electron chi connectivity index (χ2n) is 18.2. The van der Waals surface area contributed by atoms with Gasteiger partial charge in [-0.1, -0.05) is 104 Å². The minimum atomic E-state index is -3.70. The van der Waals surface area contributed by atoms with E-state index in [2.05, 4.69) is 20.7 Å². The molecular formula is C43H67N5O8S. The van der Waals surface area contributed by atoms with E-state index in [1.807, 2.05) is 58.0 Å². The zero-order valence-corrected chi connectivity index (χ0v) is 36.1. The molecule has 0 spiro atoms. The number of nitrogens with zero attached hydrogens (tertiary/aromatic N) is 1. The standard InChI is InChI=1S/C43H67N5O8S/c1-9-17-33(37(50)41(53)44-27(4)28-18-12-10-13-19-28)45-40(52)36-31-23-16-22-30(31)25-48(36)42(54)38(43(5,6)7)46-39(51)32(29-20-14-11-15-21-29)24-34(49)35(26(2)3)47-57(8,55)56/h10,12-13,18-19,26-27,29-33,35-36,38,47H,9,11,14-17,20-25H2,1-8H3,(H,44,53)(H,45,52)(H,46,51)/t27-,30-,31-,32-,33-,35+,36-,38+/m0/s1. The Balaban J connectivity index is 1.57. The number of hydrogen-bond acceptors (Lipinski definition) is 8. The largest absolute Gasteiger partial charge is 0.344 e. The number of hydrogen-bond donors (Lipinski definition) is 4. The van der Waals surface area contributed by atoms with Gasteiger partial charge in [0.2, 0.25) is 33.5 Å². The van der Waals surface area contributed by atoms with Crippen molar-refractivity contribution in [1.82, 2.24) is 25.6 Å². The summed E-state index contributed by atoms with van der Waals surface area (Å²) in [6.07, 6.45) is 8.39. The number of benzene rings is 1. The Morgan fingerprint density at radius 1 is 0.860 bits per heavy atom. The van der Waals surface area contributed by atoms with Gasteiger partial charge >= 0.3 is 0 Å². The second-order valence-corrected chi connectivity index (χ2v) is 20.0. The lowest BCUT2D eigenvalue weighted by atomic mass is 9.76. The topological polar surface area (TPSA) is 188 Å². The molecule has 1 aromatic carbocycles. The van der Waals surface area contributed by atoms with E-state index >= 15 is 0 Å². The Morgan fingerprint density at radius 2 is 1.51 bits per heavy atom. The lowest BCUT2D eigenvalue weighted by molar-refractivity contribution is -0.146. The summed E-state index contributed by atoms with van der Waals surface area (Å²) in [7, 11) is -3.70. The molecule has 57 heavy (non-hydrogen) atoms. The van der Waals surface area contributed by atoms with E-state index < -0.39 is 81.0 Å². The van der Waals surface area contributed by atoms with Crippen LogP contribution in [0.2, 0.25) is 0 Å². The molecule has 318 valence electrons. The number of rotatable bonds is 18. The predicted octanol–water partition coefficient (Wildman–Crippen LogP) is 4.61. The molecule has 4 N–H and O–H groups in total. The summed E-state index contributed by atoms with van der Waals surface area (Å²) in [5.74, 6) is -4.56. The first-order valence-electron chi connectivity index (χ1n) is 21.0. The normalized spacial score (nSPS) is 22.8. The molecule has 4 rings (SSSR count). The monoisotopic (exact) mass is 813 g/mol. The van der Waals surface area contributed by atoms with E-state index in [1.165, 1.54) is 0 Å². The number of carbonyl (C=O) groups excluding carboxylic acids is 6. The van der Waals surface area contributed by atoms with Crippen LogP contribution in [0.25, 0.3) is 0 Å². The summed E-state index contributed by atoms with van der Waals surface area (Å²) >= 11 is 0. The molecular weight excluding hydrogens is 747 g/mol. The fourth-order valence-corrected chi connectivity index (χ4v) is 10.0. The maximum atomic E-state index is 14.8. The molecule has 13 nitrogen and oxygen atoms in total. The van der Waals surface area contributed by atoms with Crippen LogP contribution in [0, 0.1) is 35.0 Å². The van der Waals surface area contributed by atoms with Gasteiger partial charge in [-0.25, -0.2) is 13.1 Å². The van der Waals surface area contributed by atoms with Gasteiger partial charge in [0.25, 0.3) is 5.91 Å². The third-order valence-electron chi connectivity index (χ3n) is 12.3. The molecule has 1 aromatic rings. The SMILES string of the molecule is CCC[C@H](NC(=O)[C@@H]1[C@H]2CCC[C@H]2CN1C(=O)[C@@H](NC(=O)[C@@H](CC(=O)[C@H](NS(C)(=O)=O)C(C)C)C1CCCCC1)C(C)(C)C)C(=O)C(=O)N[C@@H](C)c1ccccc1. The Morgan fingerprint density at radius 3 is 2.09 bits per heavy atom. The van der Waals surface area contributed by atoms with Gasteiger partial charge in [-0.05, 0) is 73.7 Å². The van der Waals surface area contributed by atoms with Gasteiger partial charge < -0.3 is 20.9 Å². The highest BCUT2D eigenvalue weighted by molar-refractivity contribution is 7.88. The van der Waals surface area contributed by atoms with Crippen molar-refractivity contribution in [1.29, 1.82) is 0 Å². The molecule has 3 fully saturated rings. The van der Waals surface area contributed by atoms with Gasteiger partial charge in [-0.15, -0.1) is 0 Å². The third-order valence-corrected chi connectivity index (χ3v) is 12.9. The van der Waals surface area contributed by atoms with Gasteiger partial charge in [0.05, 0.1) is 24.4 Å². The molecule has 3 aliphatic rings. The first-order chi connectivity index (χ1) is 26.7. The lowest BCUT2D eigenvalue weighted by Gasteiger charge is -2.38. The summed E-state index contributed by atoms with van der Waals surface area (Å²) in [6.45, 7) is 13.0. The molecule has 2 saturated carbocycles. The first-order valence-corrected chi connectivity index (χ1v) is 22.9. The highest BCUT2D eigenvalue weighted by Gasteiger charge is 2.52. The van der Waals surface area contributed by atoms with Crippen LogP contribution in [-0.2, 0) is 38.8 Å². The molecule has 0 unspecified atom stereocenters. The molecule has 0 radical (unpaired) electrons. The second kappa shape index (κ2) is 19.9. The molecule has 1 saturated heterocycles. The molecule has 1 aliphatic heterocycles. The summed E-state index contributed by atoms with van der Waals surface area (Å²) in [4.78, 5) is 85.7. The fourth-order valence-electron chi connectivity index (χ4n) is 9.16. The number of Topliss-reactive ketones (excluding diaryl/α,β-unsaturated/α-hetero) is 2. The van der Waals surface area contributed by atoms with Gasteiger partial charge in [0.1, 0.15) is 12.1 Å². The number of amides is 4. The van der Waals surface area contributed by atoms with E-state index in [4.69, 9.17) is 0 Å². The van der Waals surface area contributed by atoms with Crippen LogP contribution in [-0.4, -0.2) is 85.5 Å². The van der Waals surface area contributed by atoms with E-state index in [0.29, 0.717) is 13.0 Å². The number of nitrogens with one attached hydrogen (secondary N) is 4. The summed E-state index contributed by atoms with van der Waals surface area (Å²) in [5, 5.41) is 8.68. The average Bonchev–Trinajstić information content (AvgIpc) is 3.76. The maximum absolute atomic E-state index is 14.8. The van der Waals surface area contributed by atoms with Gasteiger partial charge in [-0.3, -0.25) is 28.8 Å². The Labute approximate surface area is 340 Å². The number of likely N-dealkylation sites (tertiary alicyclic amines) is 1. The third kappa shape index (κ3) is 12.2. The zero-order chi connectivity index (χ0) is 42.2. The molecule has 2 aliphatic carbocycles. The highest BCUT2D eigenvalue weighted by Crippen LogP contribution is 2.43. The average molecular weight is 814 g/mol. The van der Waals surface area contributed by atoms with Crippen molar-refractivity contribution < 1.29 is 37.2 Å². The summed E-state index contributed by atoms with van der Waals surface area (Å²) < 4.78 is 26.8. The van der Waals surface area contributed by atoms with Crippen LogP contribution in [0.15, 0.2) is 30.3 Å². The fraction of sp³-hybridized carbons (Fsp3) is 0.721. The van der Waals surface area contributed by atoms with Crippen molar-refractivity contribution in [3.63, 3.8) is 0 Å². The minimum Gasteiger partial charge on any atom is -0.344 e. The smallest absolute Gasteiger partial charge is 0.290 e. The van der Waals surface area contributed by atoms with Crippen molar-refractivity contribution in [2.75, 3.05) is 12.8 Å². The van der Waals surface area contributed by atoms with Crippen LogP contribution in [0.3, 0.4) is 0 Å². The van der Waals surface area contributed by atoms with Gasteiger partial charge in [0, 0.05) is 18.9 Å². The van der Waals surface area contributed by atoms with Crippen molar-refractivity contribution in [3.8, 4) is 0 Å².